The topological polar surface area (TPSA) is 81.9 Å². The Labute approximate surface area is 158 Å². The molecule has 27 heavy (non-hydrogen) atoms. The Morgan fingerprint density at radius 3 is 2.67 bits per heavy atom. The normalized spacial score (nSPS) is 10.6. The maximum absolute atomic E-state index is 12.2. The molecule has 2 aromatic carbocycles. The predicted molar refractivity (Wildman–Crippen MR) is 103 cm³/mol. The van der Waals surface area contributed by atoms with Crippen molar-refractivity contribution in [1.82, 2.24) is 20.2 Å². The number of nitrogens with zero attached hydrogens (tertiary/aromatic N) is 4. The summed E-state index contributed by atoms with van der Waals surface area (Å²) in [6, 6.07) is 15.1. The molecule has 1 aromatic heterocycles. The number of rotatable bonds is 8. The zero-order valence-corrected chi connectivity index (χ0v) is 15.6. The molecule has 0 saturated heterocycles. The molecule has 0 atom stereocenters. The van der Waals surface area contributed by atoms with Gasteiger partial charge in [-0.3, -0.25) is 4.79 Å². The van der Waals surface area contributed by atoms with Gasteiger partial charge in [0.1, 0.15) is 12.3 Å². The molecule has 0 spiro atoms. The molecule has 0 saturated carbocycles. The van der Waals surface area contributed by atoms with Gasteiger partial charge in [-0.05, 0) is 54.5 Å². The highest BCUT2D eigenvalue weighted by atomic mass is 16.5. The predicted octanol–water partition coefficient (Wildman–Crippen LogP) is 3.47. The van der Waals surface area contributed by atoms with E-state index in [1.165, 1.54) is 4.80 Å². The van der Waals surface area contributed by atoms with Crippen LogP contribution in [0.4, 0.5) is 5.69 Å². The summed E-state index contributed by atoms with van der Waals surface area (Å²) in [6.45, 7) is 4.78. The summed E-state index contributed by atoms with van der Waals surface area (Å²) in [5.41, 5.74) is 2.60. The molecule has 0 bridgehead atoms. The third-order valence-electron chi connectivity index (χ3n) is 4.04. The summed E-state index contributed by atoms with van der Waals surface area (Å²) in [7, 11) is 0. The largest absolute Gasteiger partial charge is 0.494 e. The van der Waals surface area contributed by atoms with Crippen LogP contribution < -0.4 is 10.1 Å². The van der Waals surface area contributed by atoms with Gasteiger partial charge >= 0.3 is 0 Å². The van der Waals surface area contributed by atoms with Crippen molar-refractivity contribution in [2.45, 2.75) is 33.2 Å². The van der Waals surface area contributed by atoms with Crippen LogP contribution in [-0.4, -0.2) is 32.7 Å². The van der Waals surface area contributed by atoms with Crippen molar-refractivity contribution in [1.29, 1.82) is 0 Å². The number of aryl methyl sites for hydroxylation is 1. The monoisotopic (exact) mass is 365 g/mol. The van der Waals surface area contributed by atoms with E-state index in [2.05, 4.69) is 27.7 Å². The molecule has 0 aliphatic carbocycles. The summed E-state index contributed by atoms with van der Waals surface area (Å²) in [5, 5.41) is 15.1. The molecule has 0 fully saturated rings. The molecular formula is C20H23N5O2. The number of hydrogen-bond acceptors (Lipinski definition) is 5. The Morgan fingerprint density at radius 2 is 1.93 bits per heavy atom. The highest BCUT2D eigenvalue weighted by molar-refractivity contribution is 5.91. The van der Waals surface area contributed by atoms with Crippen molar-refractivity contribution < 1.29 is 9.53 Å². The molecule has 1 N–H and O–H groups in total. The van der Waals surface area contributed by atoms with Gasteiger partial charge in [-0.1, -0.05) is 31.5 Å². The summed E-state index contributed by atoms with van der Waals surface area (Å²) in [5.74, 6) is 1.09. The number of anilines is 1. The first-order valence-electron chi connectivity index (χ1n) is 9.02. The fourth-order valence-corrected chi connectivity index (χ4v) is 2.49. The van der Waals surface area contributed by atoms with Crippen molar-refractivity contribution in [3.05, 3.63) is 54.1 Å². The van der Waals surface area contributed by atoms with E-state index in [0.717, 1.165) is 35.4 Å². The Hall–Kier alpha value is -3.22. The van der Waals surface area contributed by atoms with E-state index in [1.807, 2.05) is 55.5 Å². The number of benzene rings is 2. The highest BCUT2D eigenvalue weighted by Gasteiger charge is 2.10. The van der Waals surface area contributed by atoms with E-state index in [1.54, 1.807) is 0 Å². The van der Waals surface area contributed by atoms with Crippen LogP contribution in [0.15, 0.2) is 48.5 Å². The zero-order chi connectivity index (χ0) is 19.1. The molecule has 3 aromatic rings. The molecule has 1 heterocycles. The Kier molecular flexibility index (Phi) is 6.14. The number of ether oxygens (including phenoxy) is 1. The van der Waals surface area contributed by atoms with Gasteiger partial charge in [0, 0.05) is 11.3 Å². The molecule has 7 heteroatoms. The fraction of sp³-hybridized carbons (Fsp3) is 0.300. The number of nitrogens with one attached hydrogen (secondary N) is 1. The average Bonchev–Trinajstić information content (AvgIpc) is 3.13. The van der Waals surface area contributed by atoms with Crippen LogP contribution >= 0.6 is 0 Å². The van der Waals surface area contributed by atoms with E-state index >= 15 is 0 Å². The standard InChI is InChI=1S/C20H23N5O2/c1-3-4-13-27-17-11-9-16(10-12-17)20-22-24-25(23-20)14-19(26)21-18-8-6-5-7-15(18)2/h5-12H,3-4,13-14H2,1-2H3,(H,21,26). The smallest absolute Gasteiger partial charge is 0.248 e. The first kappa shape index (κ1) is 18.6. The molecular weight excluding hydrogens is 342 g/mol. The van der Waals surface area contributed by atoms with Gasteiger partial charge in [0.15, 0.2) is 0 Å². The van der Waals surface area contributed by atoms with E-state index in [9.17, 15) is 4.79 Å². The molecule has 1 amide bonds. The number of tetrazole rings is 1. The Morgan fingerprint density at radius 1 is 1.15 bits per heavy atom. The Balaban J connectivity index is 1.59. The number of para-hydroxylation sites is 1. The zero-order valence-electron chi connectivity index (χ0n) is 15.6. The SMILES string of the molecule is CCCCOc1ccc(-c2nnn(CC(=O)Nc3ccccc3C)n2)cc1. The number of hydrogen-bond donors (Lipinski definition) is 1. The van der Waals surface area contributed by atoms with Crippen molar-refractivity contribution in [2.75, 3.05) is 11.9 Å². The fourth-order valence-electron chi connectivity index (χ4n) is 2.49. The number of amides is 1. The lowest BCUT2D eigenvalue weighted by Gasteiger charge is -2.07. The summed E-state index contributed by atoms with van der Waals surface area (Å²) in [4.78, 5) is 13.5. The van der Waals surface area contributed by atoms with Crippen LogP contribution in [0.2, 0.25) is 0 Å². The van der Waals surface area contributed by atoms with Gasteiger partial charge in [0.25, 0.3) is 0 Å². The molecule has 7 nitrogen and oxygen atoms in total. The van der Waals surface area contributed by atoms with Crippen LogP contribution in [0.25, 0.3) is 11.4 Å². The molecule has 0 unspecified atom stereocenters. The minimum absolute atomic E-state index is 0.000450. The number of unbranched alkanes of at least 4 members (excludes halogenated alkanes) is 1. The van der Waals surface area contributed by atoms with Crippen LogP contribution in [0, 0.1) is 6.92 Å². The molecule has 140 valence electrons. The van der Waals surface area contributed by atoms with Gasteiger partial charge in [-0.25, -0.2) is 0 Å². The van der Waals surface area contributed by atoms with Crippen molar-refractivity contribution in [2.24, 2.45) is 0 Å². The maximum atomic E-state index is 12.2. The molecule has 0 aliphatic rings. The van der Waals surface area contributed by atoms with Crippen molar-refractivity contribution in [3.8, 4) is 17.1 Å². The van der Waals surface area contributed by atoms with Gasteiger partial charge in [-0.15, -0.1) is 10.2 Å². The molecule has 0 radical (unpaired) electrons. The minimum Gasteiger partial charge on any atom is -0.494 e. The second kappa shape index (κ2) is 8.93. The van der Waals surface area contributed by atoms with Gasteiger partial charge < -0.3 is 10.1 Å². The van der Waals surface area contributed by atoms with Gasteiger partial charge in [0.05, 0.1) is 6.61 Å². The second-order valence-corrected chi connectivity index (χ2v) is 6.23. The molecule has 0 aliphatic heterocycles. The third kappa shape index (κ3) is 5.13. The third-order valence-corrected chi connectivity index (χ3v) is 4.04. The van der Waals surface area contributed by atoms with E-state index in [0.29, 0.717) is 12.4 Å². The summed E-state index contributed by atoms with van der Waals surface area (Å²) >= 11 is 0. The lowest BCUT2D eigenvalue weighted by atomic mass is 10.2. The quantitative estimate of drug-likeness (QED) is 0.618. The van der Waals surface area contributed by atoms with Crippen molar-refractivity contribution >= 4 is 11.6 Å². The minimum atomic E-state index is -0.201. The van der Waals surface area contributed by atoms with Crippen molar-refractivity contribution in [3.63, 3.8) is 0 Å². The maximum Gasteiger partial charge on any atom is 0.248 e. The summed E-state index contributed by atoms with van der Waals surface area (Å²) in [6.07, 6.45) is 2.13. The first-order valence-corrected chi connectivity index (χ1v) is 9.02. The Bertz CT molecular complexity index is 889. The van der Waals surface area contributed by atoms with Crippen LogP contribution in [0.1, 0.15) is 25.3 Å². The lowest BCUT2D eigenvalue weighted by Crippen LogP contribution is -2.20. The summed E-state index contributed by atoms with van der Waals surface area (Å²) < 4.78 is 5.65. The van der Waals surface area contributed by atoms with Crippen LogP contribution in [-0.2, 0) is 11.3 Å². The van der Waals surface area contributed by atoms with Gasteiger partial charge in [-0.2, -0.15) is 4.80 Å². The number of carbonyl (C=O) groups is 1. The van der Waals surface area contributed by atoms with Gasteiger partial charge in [0.2, 0.25) is 11.7 Å². The lowest BCUT2D eigenvalue weighted by molar-refractivity contribution is -0.117. The first-order chi connectivity index (χ1) is 13.2. The number of carbonyl (C=O) groups excluding carboxylic acids is 1. The second-order valence-electron chi connectivity index (χ2n) is 6.23. The molecule has 3 rings (SSSR count). The number of aromatic nitrogens is 4. The van der Waals surface area contributed by atoms with E-state index < -0.39 is 0 Å². The average molecular weight is 365 g/mol. The highest BCUT2D eigenvalue weighted by Crippen LogP contribution is 2.19. The van der Waals surface area contributed by atoms with E-state index in [4.69, 9.17) is 4.74 Å². The van der Waals surface area contributed by atoms with Crippen LogP contribution in [0.3, 0.4) is 0 Å². The van der Waals surface area contributed by atoms with Crippen LogP contribution in [0.5, 0.6) is 5.75 Å². The van der Waals surface area contributed by atoms with E-state index in [-0.39, 0.29) is 12.5 Å².